The van der Waals surface area contributed by atoms with E-state index in [1.807, 2.05) is 32.0 Å². The van der Waals surface area contributed by atoms with Gasteiger partial charge >= 0.3 is 0 Å². The van der Waals surface area contributed by atoms with Crippen LogP contribution in [0, 0.1) is 31.0 Å². The van der Waals surface area contributed by atoms with Gasteiger partial charge in [0.1, 0.15) is 5.82 Å². The van der Waals surface area contributed by atoms with Crippen LogP contribution in [0.15, 0.2) is 36.4 Å². The van der Waals surface area contributed by atoms with E-state index >= 15 is 0 Å². The van der Waals surface area contributed by atoms with Crippen LogP contribution in [0.1, 0.15) is 16.7 Å². The lowest BCUT2D eigenvalue weighted by molar-refractivity contribution is 0.628. The third-order valence-electron chi connectivity index (χ3n) is 2.77. The predicted molar refractivity (Wildman–Crippen MR) is 66.0 cm³/mol. The molecule has 2 rings (SSSR count). The zero-order valence-corrected chi connectivity index (χ0v) is 9.79. The fourth-order valence-corrected chi connectivity index (χ4v) is 1.95. The first-order valence-electron chi connectivity index (χ1n) is 5.39. The van der Waals surface area contributed by atoms with E-state index in [0.29, 0.717) is 11.1 Å². The number of aryl methyl sites for hydroxylation is 2. The summed E-state index contributed by atoms with van der Waals surface area (Å²) in [6.07, 6.45) is 0. The fourth-order valence-electron chi connectivity index (χ4n) is 1.95. The van der Waals surface area contributed by atoms with Gasteiger partial charge in [-0.2, -0.15) is 5.26 Å². The molecule has 2 aromatic rings. The fraction of sp³-hybridized carbons (Fsp3) is 0.133. The van der Waals surface area contributed by atoms with Crippen LogP contribution in [0.3, 0.4) is 0 Å². The lowest BCUT2D eigenvalue weighted by Gasteiger charge is -2.09. The molecular formula is C15H12FN. The summed E-state index contributed by atoms with van der Waals surface area (Å²) in [7, 11) is 0. The molecular weight excluding hydrogens is 213 g/mol. The second-order valence-electron chi connectivity index (χ2n) is 4.12. The van der Waals surface area contributed by atoms with Crippen molar-refractivity contribution in [3.63, 3.8) is 0 Å². The lowest BCUT2D eigenvalue weighted by Crippen LogP contribution is -1.90. The van der Waals surface area contributed by atoms with Crippen molar-refractivity contribution in [3.05, 3.63) is 58.9 Å². The Labute approximate surface area is 100 Å². The topological polar surface area (TPSA) is 23.8 Å². The maximum atomic E-state index is 13.3. The minimum absolute atomic E-state index is 0.320. The van der Waals surface area contributed by atoms with E-state index in [4.69, 9.17) is 5.26 Å². The molecule has 2 heteroatoms. The van der Waals surface area contributed by atoms with Crippen LogP contribution >= 0.6 is 0 Å². The molecule has 0 radical (unpaired) electrons. The Balaban J connectivity index is 2.68. The van der Waals surface area contributed by atoms with Crippen LogP contribution in [0.2, 0.25) is 0 Å². The standard InChI is InChI=1S/C15H12FN/c1-10-3-6-14(11(2)7-10)15-8-13(16)5-4-12(15)9-17/h3-8H,1-2H3. The van der Waals surface area contributed by atoms with Crippen molar-refractivity contribution in [2.24, 2.45) is 0 Å². The van der Waals surface area contributed by atoms with E-state index in [1.54, 1.807) is 0 Å². The summed E-state index contributed by atoms with van der Waals surface area (Å²) in [5.74, 6) is -0.320. The molecule has 0 N–H and O–H groups in total. The van der Waals surface area contributed by atoms with Crippen molar-refractivity contribution >= 4 is 0 Å². The molecule has 0 aliphatic carbocycles. The number of hydrogen-bond donors (Lipinski definition) is 0. The highest BCUT2D eigenvalue weighted by Crippen LogP contribution is 2.27. The average molecular weight is 225 g/mol. The first-order chi connectivity index (χ1) is 8.11. The molecule has 84 valence electrons. The largest absolute Gasteiger partial charge is 0.207 e. The molecule has 0 aromatic heterocycles. The van der Waals surface area contributed by atoms with Crippen molar-refractivity contribution < 1.29 is 4.39 Å². The van der Waals surface area contributed by atoms with Crippen LogP contribution in [-0.4, -0.2) is 0 Å². The Kier molecular flexibility index (Phi) is 2.93. The van der Waals surface area contributed by atoms with Gasteiger partial charge in [0.05, 0.1) is 11.6 Å². The summed E-state index contributed by atoms with van der Waals surface area (Å²) in [6.45, 7) is 3.97. The van der Waals surface area contributed by atoms with Crippen molar-refractivity contribution in [3.8, 4) is 17.2 Å². The van der Waals surface area contributed by atoms with Gasteiger partial charge in [-0.15, -0.1) is 0 Å². The van der Waals surface area contributed by atoms with Gasteiger partial charge in [-0.3, -0.25) is 0 Å². The number of nitrogens with zero attached hydrogens (tertiary/aromatic N) is 1. The minimum Gasteiger partial charge on any atom is -0.207 e. The molecule has 0 amide bonds. The Morgan fingerprint density at radius 2 is 1.76 bits per heavy atom. The molecule has 0 heterocycles. The molecule has 1 nitrogen and oxygen atoms in total. The van der Waals surface area contributed by atoms with Crippen LogP contribution in [0.25, 0.3) is 11.1 Å². The summed E-state index contributed by atoms with van der Waals surface area (Å²) < 4.78 is 13.3. The van der Waals surface area contributed by atoms with Crippen LogP contribution in [-0.2, 0) is 0 Å². The van der Waals surface area contributed by atoms with Crippen LogP contribution < -0.4 is 0 Å². The van der Waals surface area contributed by atoms with Crippen molar-refractivity contribution in [2.75, 3.05) is 0 Å². The molecule has 0 aliphatic rings. The summed E-state index contributed by atoms with van der Waals surface area (Å²) in [5.41, 5.74) is 4.27. The maximum absolute atomic E-state index is 13.3. The Bertz CT molecular complexity index is 609. The van der Waals surface area contributed by atoms with Crippen molar-refractivity contribution in [1.29, 1.82) is 5.26 Å². The van der Waals surface area contributed by atoms with E-state index in [-0.39, 0.29) is 5.82 Å². The molecule has 0 bridgehead atoms. The average Bonchev–Trinajstić information content (AvgIpc) is 2.29. The van der Waals surface area contributed by atoms with E-state index in [0.717, 1.165) is 16.7 Å². The quantitative estimate of drug-likeness (QED) is 0.720. The highest BCUT2D eigenvalue weighted by atomic mass is 19.1. The maximum Gasteiger partial charge on any atom is 0.123 e. The van der Waals surface area contributed by atoms with Gasteiger partial charge in [-0.05, 0) is 43.2 Å². The molecule has 2 aromatic carbocycles. The van der Waals surface area contributed by atoms with Gasteiger partial charge < -0.3 is 0 Å². The monoisotopic (exact) mass is 225 g/mol. The SMILES string of the molecule is Cc1ccc(-c2cc(F)ccc2C#N)c(C)c1. The van der Waals surface area contributed by atoms with Gasteiger partial charge in [-0.1, -0.05) is 23.8 Å². The Morgan fingerprint density at radius 3 is 2.41 bits per heavy atom. The lowest BCUT2D eigenvalue weighted by atomic mass is 9.95. The first-order valence-corrected chi connectivity index (χ1v) is 5.39. The van der Waals surface area contributed by atoms with E-state index in [2.05, 4.69) is 6.07 Å². The highest BCUT2D eigenvalue weighted by Gasteiger charge is 2.08. The molecule has 0 fully saturated rings. The number of halogens is 1. The smallest absolute Gasteiger partial charge is 0.123 e. The Hall–Kier alpha value is -2.14. The Morgan fingerprint density at radius 1 is 1.00 bits per heavy atom. The van der Waals surface area contributed by atoms with Crippen molar-refractivity contribution in [2.45, 2.75) is 13.8 Å². The molecule has 0 aliphatic heterocycles. The zero-order valence-electron chi connectivity index (χ0n) is 9.79. The second-order valence-corrected chi connectivity index (χ2v) is 4.12. The second kappa shape index (κ2) is 4.39. The van der Waals surface area contributed by atoms with Crippen LogP contribution in [0.5, 0.6) is 0 Å². The van der Waals surface area contributed by atoms with Gasteiger partial charge in [0, 0.05) is 5.56 Å². The summed E-state index contributed by atoms with van der Waals surface area (Å²) >= 11 is 0. The number of nitriles is 1. The third-order valence-corrected chi connectivity index (χ3v) is 2.77. The van der Waals surface area contributed by atoms with Gasteiger partial charge in [0.2, 0.25) is 0 Å². The van der Waals surface area contributed by atoms with E-state index in [1.165, 1.54) is 18.2 Å². The molecule has 0 unspecified atom stereocenters. The van der Waals surface area contributed by atoms with E-state index in [9.17, 15) is 4.39 Å². The minimum atomic E-state index is -0.320. The highest BCUT2D eigenvalue weighted by molar-refractivity contribution is 5.73. The summed E-state index contributed by atoms with van der Waals surface area (Å²) in [4.78, 5) is 0. The summed E-state index contributed by atoms with van der Waals surface area (Å²) in [5, 5.41) is 9.04. The molecule has 17 heavy (non-hydrogen) atoms. The normalized spacial score (nSPS) is 10.0. The van der Waals surface area contributed by atoms with Gasteiger partial charge in [0.15, 0.2) is 0 Å². The number of hydrogen-bond acceptors (Lipinski definition) is 1. The zero-order chi connectivity index (χ0) is 12.4. The summed E-state index contributed by atoms with van der Waals surface area (Å²) in [6, 6.07) is 12.3. The van der Waals surface area contributed by atoms with Gasteiger partial charge in [-0.25, -0.2) is 4.39 Å². The molecule has 0 atom stereocenters. The molecule has 0 saturated carbocycles. The number of benzene rings is 2. The molecule has 0 spiro atoms. The predicted octanol–water partition coefficient (Wildman–Crippen LogP) is 3.98. The van der Waals surface area contributed by atoms with Gasteiger partial charge in [0.25, 0.3) is 0 Å². The van der Waals surface area contributed by atoms with E-state index < -0.39 is 0 Å². The third kappa shape index (κ3) is 2.19. The number of rotatable bonds is 1. The first kappa shape index (κ1) is 11.3. The molecule has 0 saturated heterocycles. The van der Waals surface area contributed by atoms with Crippen LogP contribution in [0.4, 0.5) is 4.39 Å². The van der Waals surface area contributed by atoms with Crippen molar-refractivity contribution in [1.82, 2.24) is 0 Å².